The predicted octanol–water partition coefficient (Wildman–Crippen LogP) is 3.93. The Morgan fingerprint density at radius 3 is 2.41 bits per heavy atom. The molecular formula is C19H21NO2. The summed E-state index contributed by atoms with van der Waals surface area (Å²) in [6.07, 6.45) is 5.47. The molecule has 2 aromatic rings. The van der Waals surface area contributed by atoms with Gasteiger partial charge in [-0.2, -0.15) is 0 Å². The van der Waals surface area contributed by atoms with Gasteiger partial charge in [0, 0.05) is 18.4 Å². The minimum atomic E-state index is -0.0859. The summed E-state index contributed by atoms with van der Waals surface area (Å²) in [5, 5.41) is 2.76. The number of carbonyl (C=O) groups is 1. The van der Waals surface area contributed by atoms with E-state index in [0.717, 1.165) is 12.8 Å². The molecule has 2 aromatic carbocycles. The summed E-state index contributed by atoms with van der Waals surface area (Å²) in [4.78, 5) is 11.7. The van der Waals surface area contributed by atoms with Crippen molar-refractivity contribution in [1.29, 1.82) is 0 Å². The van der Waals surface area contributed by atoms with E-state index in [1.54, 1.807) is 18.3 Å². The zero-order chi connectivity index (χ0) is 15.5. The average Bonchev–Trinajstić information content (AvgIpc) is 2.59. The normalized spacial score (nSPS) is 10.7. The fraction of sp³-hybridized carbons (Fsp3) is 0.211. The Morgan fingerprint density at radius 1 is 1.00 bits per heavy atom. The number of amides is 1. The lowest BCUT2D eigenvalue weighted by Gasteiger charge is -2.03. The van der Waals surface area contributed by atoms with Gasteiger partial charge in [-0.1, -0.05) is 54.6 Å². The molecule has 1 amide bonds. The molecule has 0 aliphatic carbocycles. The third kappa shape index (κ3) is 5.94. The Bertz CT molecular complexity index is 579. The van der Waals surface area contributed by atoms with E-state index in [4.69, 9.17) is 4.74 Å². The van der Waals surface area contributed by atoms with Crippen molar-refractivity contribution in [3.63, 3.8) is 0 Å². The van der Waals surface area contributed by atoms with Crippen LogP contribution in [0.5, 0.6) is 0 Å². The number of ether oxygens (including phenoxy) is 1. The van der Waals surface area contributed by atoms with Gasteiger partial charge >= 0.3 is 0 Å². The Kier molecular flexibility index (Phi) is 6.93. The van der Waals surface area contributed by atoms with Crippen LogP contribution in [0.3, 0.4) is 0 Å². The van der Waals surface area contributed by atoms with Crippen LogP contribution >= 0.6 is 0 Å². The van der Waals surface area contributed by atoms with Crippen molar-refractivity contribution in [2.75, 3.05) is 6.61 Å². The van der Waals surface area contributed by atoms with Crippen LogP contribution in [0.2, 0.25) is 0 Å². The predicted molar refractivity (Wildman–Crippen MR) is 88.4 cm³/mol. The molecule has 2 rings (SSSR count). The minimum Gasteiger partial charge on any atom is -0.377 e. The van der Waals surface area contributed by atoms with E-state index in [9.17, 15) is 4.79 Å². The highest BCUT2D eigenvalue weighted by Crippen LogP contribution is 2.02. The number of hydrogen-bond donors (Lipinski definition) is 1. The molecule has 0 bridgehead atoms. The third-order valence-electron chi connectivity index (χ3n) is 3.14. The van der Waals surface area contributed by atoms with E-state index < -0.39 is 0 Å². The van der Waals surface area contributed by atoms with Crippen LogP contribution in [0.1, 0.15) is 28.8 Å². The summed E-state index contributed by atoms with van der Waals surface area (Å²) in [6.45, 7) is 1.36. The number of carbonyl (C=O) groups excluding carboxylic acids is 1. The van der Waals surface area contributed by atoms with Crippen molar-refractivity contribution in [2.24, 2.45) is 0 Å². The van der Waals surface area contributed by atoms with Crippen LogP contribution in [0, 0.1) is 0 Å². The molecule has 0 atom stereocenters. The molecule has 0 aliphatic heterocycles. The van der Waals surface area contributed by atoms with Gasteiger partial charge in [-0.05, 0) is 30.5 Å². The van der Waals surface area contributed by atoms with Crippen molar-refractivity contribution < 1.29 is 9.53 Å². The lowest BCUT2D eigenvalue weighted by Crippen LogP contribution is -2.16. The molecule has 0 heterocycles. The Labute approximate surface area is 131 Å². The largest absolute Gasteiger partial charge is 0.377 e. The van der Waals surface area contributed by atoms with Crippen LogP contribution in [-0.2, 0) is 11.3 Å². The molecule has 0 fully saturated rings. The second kappa shape index (κ2) is 9.53. The first-order chi connectivity index (χ1) is 10.9. The lowest BCUT2D eigenvalue weighted by atomic mass is 10.2. The van der Waals surface area contributed by atoms with Gasteiger partial charge in [0.05, 0.1) is 6.61 Å². The van der Waals surface area contributed by atoms with Gasteiger partial charge in [-0.25, -0.2) is 0 Å². The molecule has 0 spiro atoms. The smallest absolute Gasteiger partial charge is 0.255 e. The standard InChI is InChI=1S/C19H21NO2/c21-19(18-12-6-2-7-13-18)20-14-8-3-9-15-22-16-17-10-4-1-5-11-17/h1-2,4-8,10-14H,3,9,15-16H2,(H,20,21)/b14-8+. The van der Waals surface area contributed by atoms with Gasteiger partial charge in [-0.3, -0.25) is 4.79 Å². The number of nitrogens with one attached hydrogen (secondary N) is 1. The first kappa shape index (κ1) is 16.0. The molecule has 0 saturated heterocycles. The molecule has 0 aliphatic rings. The Hall–Kier alpha value is -2.39. The van der Waals surface area contributed by atoms with Crippen molar-refractivity contribution >= 4 is 5.91 Å². The summed E-state index contributed by atoms with van der Waals surface area (Å²) in [5.41, 5.74) is 1.85. The summed E-state index contributed by atoms with van der Waals surface area (Å²) < 4.78 is 5.60. The van der Waals surface area contributed by atoms with E-state index in [-0.39, 0.29) is 5.91 Å². The zero-order valence-electron chi connectivity index (χ0n) is 12.6. The van der Waals surface area contributed by atoms with Crippen LogP contribution in [0.15, 0.2) is 72.9 Å². The second-order valence-electron chi connectivity index (χ2n) is 4.92. The van der Waals surface area contributed by atoms with E-state index in [1.807, 2.05) is 42.5 Å². The molecule has 0 saturated carbocycles. The number of benzene rings is 2. The molecule has 3 heteroatoms. The van der Waals surface area contributed by atoms with E-state index in [1.165, 1.54) is 5.56 Å². The van der Waals surface area contributed by atoms with Crippen LogP contribution in [0.25, 0.3) is 0 Å². The maximum Gasteiger partial charge on any atom is 0.255 e. The van der Waals surface area contributed by atoms with Crippen molar-refractivity contribution in [3.8, 4) is 0 Å². The molecule has 22 heavy (non-hydrogen) atoms. The van der Waals surface area contributed by atoms with Gasteiger partial charge < -0.3 is 10.1 Å². The van der Waals surface area contributed by atoms with Gasteiger partial charge in [-0.15, -0.1) is 0 Å². The fourth-order valence-corrected chi connectivity index (χ4v) is 1.96. The topological polar surface area (TPSA) is 38.3 Å². The molecule has 1 N–H and O–H groups in total. The summed E-state index contributed by atoms with van der Waals surface area (Å²) in [7, 11) is 0. The van der Waals surface area contributed by atoms with Crippen molar-refractivity contribution in [2.45, 2.75) is 19.4 Å². The van der Waals surface area contributed by atoms with Crippen LogP contribution in [-0.4, -0.2) is 12.5 Å². The first-order valence-electron chi connectivity index (χ1n) is 7.49. The summed E-state index contributed by atoms with van der Waals surface area (Å²) >= 11 is 0. The highest BCUT2D eigenvalue weighted by atomic mass is 16.5. The van der Waals surface area contributed by atoms with Crippen molar-refractivity contribution in [1.82, 2.24) is 5.32 Å². The second-order valence-corrected chi connectivity index (χ2v) is 4.92. The first-order valence-corrected chi connectivity index (χ1v) is 7.49. The maximum atomic E-state index is 11.7. The summed E-state index contributed by atoms with van der Waals surface area (Å²) in [6, 6.07) is 19.3. The van der Waals surface area contributed by atoms with Crippen LogP contribution < -0.4 is 5.32 Å². The van der Waals surface area contributed by atoms with Gasteiger partial charge in [0.25, 0.3) is 5.91 Å². The van der Waals surface area contributed by atoms with E-state index >= 15 is 0 Å². The fourth-order valence-electron chi connectivity index (χ4n) is 1.96. The minimum absolute atomic E-state index is 0.0859. The molecule has 3 nitrogen and oxygen atoms in total. The number of hydrogen-bond acceptors (Lipinski definition) is 2. The Morgan fingerprint density at radius 2 is 1.68 bits per heavy atom. The maximum absolute atomic E-state index is 11.7. The van der Waals surface area contributed by atoms with E-state index in [0.29, 0.717) is 18.8 Å². The van der Waals surface area contributed by atoms with E-state index in [2.05, 4.69) is 17.4 Å². The molecule has 0 radical (unpaired) electrons. The SMILES string of the molecule is O=C(N/C=C/CCCOCc1ccccc1)c1ccccc1. The van der Waals surface area contributed by atoms with Gasteiger partial charge in [0.15, 0.2) is 0 Å². The number of unbranched alkanes of at least 4 members (excludes halogenated alkanes) is 1. The summed E-state index contributed by atoms with van der Waals surface area (Å²) in [5.74, 6) is -0.0859. The van der Waals surface area contributed by atoms with Crippen molar-refractivity contribution in [3.05, 3.63) is 84.1 Å². The quantitative estimate of drug-likeness (QED) is 0.749. The highest BCUT2D eigenvalue weighted by Gasteiger charge is 2.00. The third-order valence-corrected chi connectivity index (χ3v) is 3.14. The number of rotatable bonds is 8. The highest BCUT2D eigenvalue weighted by molar-refractivity contribution is 5.94. The Balaban J connectivity index is 1.54. The average molecular weight is 295 g/mol. The van der Waals surface area contributed by atoms with Gasteiger partial charge in [0.1, 0.15) is 0 Å². The number of allylic oxidation sites excluding steroid dienone is 1. The molecule has 114 valence electrons. The molecular weight excluding hydrogens is 274 g/mol. The monoisotopic (exact) mass is 295 g/mol. The van der Waals surface area contributed by atoms with Gasteiger partial charge in [0.2, 0.25) is 0 Å². The molecule has 0 unspecified atom stereocenters. The van der Waals surface area contributed by atoms with Crippen LogP contribution in [0.4, 0.5) is 0 Å². The zero-order valence-corrected chi connectivity index (χ0v) is 12.6. The lowest BCUT2D eigenvalue weighted by molar-refractivity contribution is 0.0970. The molecule has 0 aromatic heterocycles.